The number of piperidine rings is 1. The first-order chi connectivity index (χ1) is 13.6. The summed E-state index contributed by atoms with van der Waals surface area (Å²) in [6, 6.07) is 1.78. The van der Waals surface area contributed by atoms with Crippen LogP contribution in [-0.2, 0) is 4.79 Å². The fraction of sp³-hybridized carbons (Fsp3) is 0.389. The minimum absolute atomic E-state index is 0.0211. The number of anilines is 1. The highest BCUT2D eigenvalue weighted by Gasteiger charge is 2.26. The molecule has 8 nitrogen and oxygen atoms in total. The maximum absolute atomic E-state index is 13.0. The summed E-state index contributed by atoms with van der Waals surface area (Å²) in [5, 5.41) is 2.70. The van der Waals surface area contributed by atoms with E-state index in [1.165, 1.54) is 23.0 Å². The molecule has 3 aromatic rings. The summed E-state index contributed by atoms with van der Waals surface area (Å²) in [5.74, 6) is 0.996. The molecule has 0 aromatic carbocycles. The van der Waals surface area contributed by atoms with Crippen molar-refractivity contribution >= 4 is 17.4 Å². The lowest BCUT2D eigenvalue weighted by Gasteiger charge is -2.32. The molecule has 0 spiro atoms. The zero-order chi connectivity index (χ0) is 19.7. The molecule has 1 aliphatic heterocycles. The molecule has 1 atom stereocenters. The molecule has 0 saturated carbocycles. The number of alkyl halides is 2. The zero-order valence-electron chi connectivity index (χ0n) is 15.2. The first kappa shape index (κ1) is 18.2. The quantitative estimate of drug-likeness (QED) is 0.738. The Morgan fingerprint density at radius 2 is 2.14 bits per heavy atom. The maximum atomic E-state index is 13.0. The van der Waals surface area contributed by atoms with Crippen molar-refractivity contribution in [2.75, 3.05) is 25.0 Å². The van der Waals surface area contributed by atoms with Gasteiger partial charge in [-0.15, -0.1) is 0 Å². The largest absolute Gasteiger partial charge is 0.359 e. The van der Waals surface area contributed by atoms with E-state index >= 15 is 0 Å². The van der Waals surface area contributed by atoms with Crippen molar-refractivity contribution in [2.24, 2.45) is 5.92 Å². The summed E-state index contributed by atoms with van der Waals surface area (Å²) in [7, 11) is 1.64. The Kier molecular flexibility index (Phi) is 4.84. The van der Waals surface area contributed by atoms with Crippen LogP contribution in [0.5, 0.6) is 0 Å². The summed E-state index contributed by atoms with van der Waals surface area (Å²) in [6.45, 7) is 1.36. The lowest BCUT2D eigenvalue weighted by atomic mass is 9.97. The van der Waals surface area contributed by atoms with Gasteiger partial charge in [-0.3, -0.25) is 9.20 Å². The van der Waals surface area contributed by atoms with Crippen LogP contribution < -0.4 is 10.2 Å². The lowest BCUT2D eigenvalue weighted by Crippen LogP contribution is -2.42. The zero-order valence-corrected chi connectivity index (χ0v) is 15.2. The summed E-state index contributed by atoms with van der Waals surface area (Å²) < 4.78 is 27.5. The van der Waals surface area contributed by atoms with Crippen molar-refractivity contribution in [3.05, 3.63) is 36.5 Å². The number of hydrogen-bond donors (Lipinski definition) is 1. The second-order valence-electron chi connectivity index (χ2n) is 6.62. The highest BCUT2D eigenvalue weighted by atomic mass is 19.3. The van der Waals surface area contributed by atoms with Gasteiger partial charge in [-0.05, 0) is 18.9 Å². The SMILES string of the molecule is CNC(=O)C1CCCN(c2ccnc(-c3cnc4cnc(C(F)F)cn34)n2)C1. The van der Waals surface area contributed by atoms with E-state index in [4.69, 9.17) is 0 Å². The standard InChI is InChI=1S/C18H19F2N7O/c1-21-18(28)11-3-2-6-26(9-11)14-4-5-22-17(25-14)13-7-24-15-8-23-12(16(19)20)10-27(13)15/h4-5,7-8,10-11,16H,2-3,6,9H2,1H3,(H,21,28). The Hall–Kier alpha value is -3.17. The lowest BCUT2D eigenvalue weighted by molar-refractivity contribution is -0.124. The second kappa shape index (κ2) is 7.45. The van der Waals surface area contributed by atoms with Gasteiger partial charge in [-0.2, -0.15) is 0 Å². The number of carbonyl (C=O) groups is 1. The molecule has 1 unspecified atom stereocenters. The van der Waals surface area contributed by atoms with Gasteiger partial charge in [-0.25, -0.2) is 28.7 Å². The van der Waals surface area contributed by atoms with E-state index in [0.717, 1.165) is 19.4 Å². The van der Waals surface area contributed by atoms with Gasteiger partial charge in [0.15, 0.2) is 11.5 Å². The van der Waals surface area contributed by atoms with Crippen LogP contribution in [0.3, 0.4) is 0 Å². The number of carbonyl (C=O) groups excluding carboxylic acids is 1. The molecule has 4 rings (SSSR count). The number of halogens is 2. The molecule has 1 aliphatic rings. The Bertz CT molecular complexity index is 1010. The number of nitrogens with one attached hydrogen (secondary N) is 1. The first-order valence-electron chi connectivity index (χ1n) is 8.98. The number of fused-ring (bicyclic) bond motifs is 1. The van der Waals surface area contributed by atoms with E-state index in [9.17, 15) is 13.6 Å². The van der Waals surface area contributed by atoms with E-state index in [1.807, 2.05) is 4.90 Å². The smallest absolute Gasteiger partial charge is 0.281 e. The number of imidazole rings is 1. The molecule has 1 fully saturated rings. The summed E-state index contributed by atoms with van der Waals surface area (Å²) in [6.07, 6.45) is 4.75. The van der Waals surface area contributed by atoms with Gasteiger partial charge < -0.3 is 10.2 Å². The Balaban J connectivity index is 1.67. The van der Waals surface area contributed by atoms with Gasteiger partial charge >= 0.3 is 0 Å². The van der Waals surface area contributed by atoms with Crippen molar-refractivity contribution in [1.29, 1.82) is 0 Å². The third-order valence-electron chi connectivity index (χ3n) is 4.87. The van der Waals surface area contributed by atoms with E-state index < -0.39 is 6.43 Å². The second-order valence-corrected chi connectivity index (χ2v) is 6.62. The normalized spacial score (nSPS) is 17.3. The fourth-order valence-corrected chi connectivity index (χ4v) is 3.43. The van der Waals surface area contributed by atoms with E-state index in [1.54, 1.807) is 19.3 Å². The van der Waals surface area contributed by atoms with E-state index in [2.05, 4.69) is 25.3 Å². The van der Waals surface area contributed by atoms with Gasteiger partial charge in [0, 0.05) is 32.5 Å². The molecule has 0 bridgehead atoms. The predicted molar refractivity (Wildman–Crippen MR) is 98.0 cm³/mol. The number of aromatic nitrogens is 5. The monoisotopic (exact) mass is 387 g/mol. The summed E-state index contributed by atoms with van der Waals surface area (Å²) in [4.78, 5) is 30.8. The topological polar surface area (TPSA) is 88.3 Å². The van der Waals surface area contributed by atoms with E-state index in [0.29, 0.717) is 29.5 Å². The Labute approximate surface area is 159 Å². The third-order valence-corrected chi connectivity index (χ3v) is 4.87. The van der Waals surface area contributed by atoms with E-state index in [-0.39, 0.29) is 17.5 Å². The highest BCUT2D eigenvalue weighted by Crippen LogP contribution is 2.25. The van der Waals surface area contributed by atoms with Crippen molar-refractivity contribution in [3.8, 4) is 11.5 Å². The highest BCUT2D eigenvalue weighted by molar-refractivity contribution is 5.79. The van der Waals surface area contributed by atoms with Gasteiger partial charge in [0.1, 0.15) is 17.2 Å². The average Bonchev–Trinajstić information content (AvgIpc) is 3.16. The average molecular weight is 387 g/mol. The molecule has 0 aliphatic carbocycles. The van der Waals surface area contributed by atoms with Gasteiger partial charge in [0.2, 0.25) is 5.91 Å². The molecule has 1 N–H and O–H groups in total. The molecular formula is C18H19F2N7O. The van der Waals surface area contributed by atoms with Crippen molar-refractivity contribution in [2.45, 2.75) is 19.3 Å². The van der Waals surface area contributed by atoms with Crippen LogP contribution in [0.15, 0.2) is 30.9 Å². The molecule has 10 heteroatoms. The third kappa shape index (κ3) is 3.37. The van der Waals surface area contributed by atoms with Gasteiger partial charge in [-0.1, -0.05) is 0 Å². The van der Waals surface area contributed by atoms with Crippen LogP contribution in [0, 0.1) is 5.92 Å². The molecule has 28 heavy (non-hydrogen) atoms. The Morgan fingerprint density at radius 3 is 2.93 bits per heavy atom. The number of nitrogens with zero attached hydrogens (tertiary/aromatic N) is 6. The molecule has 4 heterocycles. The van der Waals surface area contributed by atoms with Gasteiger partial charge in [0.25, 0.3) is 6.43 Å². The Morgan fingerprint density at radius 1 is 1.29 bits per heavy atom. The number of rotatable bonds is 4. The molecule has 0 radical (unpaired) electrons. The van der Waals surface area contributed by atoms with Gasteiger partial charge in [0.05, 0.1) is 18.3 Å². The minimum Gasteiger partial charge on any atom is -0.359 e. The maximum Gasteiger partial charge on any atom is 0.281 e. The molecule has 1 saturated heterocycles. The summed E-state index contributed by atoms with van der Waals surface area (Å²) >= 11 is 0. The van der Waals surface area contributed by atoms with Crippen LogP contribution in [0.1, 0.15) is 25.0 Å². The fourth-order valence-electron chi connectivity index (χ4n) is 3.43. The molecular weight excluding hydrogens is 368 g/mol. The first-order valence-corrected chi connectivity index (χ1v) is 8.98. The molecule has 1 amide bonds. The van der Waals surface area contributed by atoms with Crippen LogP contribution in [0.25, 0.3) is 17.2 Å². The van der Waals surface area contributed by atoms with Crippen molar-refractivity contribution < 1.29 is 13.6 Å². The predicted octanol–water partition coefficient (Wildman–Crippen LogP) is 2.09. The minimum atomic E-state index is -2.68. The van der Waals surface area contributed by atoms with Crippen molar-refractivity contribution in [1.82, 2.24) is 29.7 Å². The van der Waals surface area contributed by atoms with Crippen LogP contribution in [-0.4, -0.2) is 50.4 Å². The molecule has 3 aromatic heterocycles. The number of amides is 1. The molecule has 146 valence electrons. The van der Waals surface area contributed by atoms with Crippen LogP contribution in [0.2, 0.25) is 0 Å². The van der Waals surface area contributed by atoms with Crippen molar-refractivity contribution in [3.63, 3.8) is 0 Å². The van der Waals surface area contributed by atoms with Crippen LogP contribution in [0.4, 0.5) is 14.6 Å². The number of hydrogen-bond acceptors (Lipinski definition) is 6. The van der Waals surface area contributed by atoms with Crippen LogP contribution >= 0.6 is 0 Å². The summed E-state index contributed by atoms with van der Waals surface area (Å²) in [5.41, 5.74) is 0.597.